The number of rotatable bonds is 5. The largest absolute Gasteiger partial charge is 0.480 e. The van der Waals surface area contributed by atoms with Crippen molar-refractivity contribution in [3.05, 3.63) is 28.8 Å². The number of methoxy groups -OCH3 is 1. The Kier molecular flexibility index (Phi) is 4.26. The Labute approximate surface area is 147 Å². The van der Waals surface area contributed by atoms with E-state index in [2.05, 4.69) is 0 Å². The van der Waals surface area contributed by atoms with E-state index in [1.807, 2.05) is 0 Å². The molecular formula is C16H15ClN2O6. The van der Waals surface area contributed by atoms with Crippen molar-refractivity contribution in [3.63, 3.8) is 0 Å². The van der Waals surface area contributed by atoms with Gasteiger partial charge in [0.05, 0.1) is 19.6 Å². The van der Waals surface area contributed by atoms with E-state index in [1.165, 1.54) is 25.3 Å². The van der Waals surface area contributed by atoms with Gasteiger partial charge in [-0.2, -0.15) is 0 Å². The molecule has 2 heterocycles. The predicted molar refractivity (Wildman–Crippen MR) is 86.3 cm³/mol. The molecule has 9 heteroatoms. The van der Waals surface area contributed by atoms with E-state index in [-0.39, 0.29) is 30.8 Å². The number of benzene rings is 1. The second-order valence-corrected chi connectivity index (χ2v) is 6.31. The van der Waals surface area contributed by atoms with Gasteiger partial charge in [0.2, 0.25) is 17.7 Å². The molecule has 8 nitrogen and oxygen atoms in total. The Morgan fingerprint density at radius 2 is 1.96 bits per heavy atom. The Balaban J connectivity index is 2.12. The Morgan fingerprint density at radius 3 is 2.60 bits per heavy atom. The fraction of sp³-hybridized carbons (Fsp3) is 0.375. The summed E-state index contributed by atoms with van der Waals surface area (Å²) in [6.07, 6.45) is -0.349. The number of likely N-dealkylation sites (tertiary alicyclic amines) is 1. The van der Waals surface area contributed by atoms with Crippen LogP contribution in [0.2, 0.25) is 5.02 Å². The molecule has 25 heavy (non-hydrogen) atoms. The van der Waals surface area contributed by atoms with Gasteiger partial charge < -0.3 is 9.84 Å². The predicted octanol–water partition coefficient (Wildman–Crippen LogP) is 0.414. The number of imide groups is 1. The first kappa shape index (κ1) is 17.4. The van der Waals surface area contributed by atoms with Crippen molar-refractivity contribution in [3.8, 4) is 0 Å². The monoisotopic (exact) mass is 366 g/mol. The van der Waals surface area contributed by atoms with Crippen molar-refractivity contribution >= 4 is 41.0 Å². The first-order valence-corrected chi connectivity index (χ1v) is 7.88. The van der Waals surface area contributed by atoms with Crippen LogP contribution in [-0.2, 0) is 29.3 Å². The number of nitrogens with zero attached hydrogens (tertiary/aromatic N) is 2. The Bertz CT molecular complexity index is 795. The average molecular weight is 367 g/mol. The minimum absolute atomic E-state index is 0.0258. The van der Waals surface area contributed by atoms with Gasteiger partial charge in [0.25, 0.3) is 0 Å². The zero-order valence-corrected chi connectivity index (χ0v) is 14.1. The number of carbonyl (C=O) groups excluding carboxylic acids is 3. The fourth-order valence-electron chi connectivity index (χ4n) is 3.36. The summed E-state index contributed by atoms with van der Waals surface area (Å²) in [4.78, 5) is 51.4. The van der Waals surface area contributed by atoms with Gasteiger partial charge >= 0.3 is 5.97 Å². The number of ether oxygens (including phenoxy) is 1. The summed E-state index contributed by atoms with van der Waals surface area (Å²) in [5.74, 6) is -3.11. The third-order valence-electron chi connectivity index (χ3n) is 4.46. The van der Waals surface area contributed by atoms with Crippen LogP contribution in [0.1, 0.15) is 12.0 Å². The molecular weight excluding hydrogens is 352 g/mol. The summed E-state index contributed by atoms with van der Waals surface area (Å²) in [6.45, 7) is -0.435. The standard InChI is InChI=1S/C16H15ClN2O6/c1-25-5-4-18-12(20)7-16(14(18)23)10-6-9(17)2-3-11(10)19(15(16)24)8-13(21)22/h2-3,6H,4-5,7-8H2,1H3,(H,21,22). The van der Waals surface area contributed by atoms with Crippen LogP contribution in [0.15, 0.2) is 18.2 Å². The van der Waals surface area contributed by atoms with Crippen molar-refractivity contribution in [1.82, 2.24) is 4.90 Å². The van der Waals surface area contributed by atoms with Gasteiger partial charge in [-0.25, -0.2) is 0 Å². The minimum Gasteiger partial charge on any atom is -0.480 e. The van der Waals surface area contributed by atoms with Gasteiger partial charge in [-0.15, -0.1) is 0 Å². The molecule has 2 aliphatic heterocycles. The highest BCUT2D eigenvalue weighted by Gasteiger charge is 2.63. The lowest BCUT2D eigenvalue weighted by Gasteiger charge is -2.21. The molecule has 1 aromatic carbocycles. The lowest BCUT2D eigenvalue weighted by molar-refractivity contribution is -0.143. The molecule has 0 aliphatic carbocycles. The van der Waals surface area contributed by atoms with E-state index < -0.39 is 35.7 Å². The van der Waals surface area contributed by atoms with Crippen LogP contribution in [0.4, 0.5) is 5.69 Å². The van der Waals surface area contributed by atoms with Gasteiger partial charge in [-0.1, -0.05) is 11.6 Å². The van der Waals surface area contributed by atoms with Crippen molar-refractivity contribution in [2.24, 2.45) is 0 Å². The highest BCUT2D eigenvalue weighted by Crippen LogP contribution is 2.49. The van der Waals surface area contributed by atoms with Crippen molar-refractivity contribution in [2.45, 2.75) is 11.8 Å². The second-order valence-electron chi connectivity index (χ2n) is 5.87. The number of carboxylic acid groups (broad SMARTS) is 1. The topological polar surface area (TPSA) is 104 Å². The van der Waals surface area contributed by atoms with Crippen molar-refractivity contribution in [1.29, 1.82) is 0 Å². The van der Waals surface area contributed by atoms with Crippen LogP contribution in [-0.4, -0.2) is 60.5 Å². The van der Waals surface area contributed by atoms with Crippen molar-refractivity contribution in [2.75, 3.05) is 31.7 Å². The van der Waals surface area contributed by atoms with E-state index in [4.69, 9.17) is 21.4 Å². The quantitative estimate of drug-likeness (QED) is 0.598. The van der Waals surface area contributed by atoms with Crippen LogP contribution >= 0.6 is 11.6 Å². The molecule has 0 aromatic heterocycles. The molecule has 3 rings (SSSR count). The number of amides is 3. The molecule has 1 N–H and O–H groups in total. The van der Waals surface area contributed by atoms with E-state index in [0.29, 0.717) is 5.02 Å². The summed E-state index contributed by atoms with van der Waals surface area (Å²) in [5, 5.41) is 9.38. The first-order chi connectivity index (χ1) is 11.8. The maximum atomic E-state index is 13.0. The summed E-state index contributed by atoms with van der Waals surface area (Å²) in [7, 11) is 1.44. The molecule has 1 unspecified atom stereocenters. The van der Waals surface area contributed by atoms with E-state index in [9.17, 15) is 19.2 Å². The lowest BCUT2D eigenvalue weighted by atomic mass is 9.80. The van der Waals surface area contributed by atoms with Crippen LogP contribution in [0.3, 0.4) is 0 Å². The van der Waals surface area contributed by atoms with Crippen LogP contribution in [0.25, 0.3) is 0 Å². The van der Waals surface area contributed by atoms with Crippen LogP contribution < -0.4 is 4.90 Å². The number of fused-ring (bicyclic) bond motifs is 2. The number of aliphatic carboxylic acids is 1. The highest BCUT2D eigenvalue weighted by molar-refractivity contribution is 6.32. The number of carboxylic acids is 1. The van der Waals surface area contributed by atoms with Gasteiger partial charge in [-0.05, 0) is 18.2 Å². The SMILES string of the molecule is COCCN1C(=O)CC2(C1=O)C(=O)N(CC(=O)O)c1ccc(Cl)cc12. The molecule has 1 fully saturated rings. The van der Waals surface area contributed by atoms with Gasteiger partial charge in [0.15, 0.2) is 5.41 Å². The number of carbonyl (C=O) groups is 4. The second kappa shape index (κ2) is 6.12. The number of halogens is 1. The maximum absolute atomic E-state index is 13.0. The molecule has 1 aromatic rings. The molecule has 0 radical (unpaired) electrons. The van der Waals surface area contributed by atoms with Crippen molar-refractivity contribution < 1.29 is 29.0 Å². The number of hydrogen-bond donors (Lipinski definition) is 1. The minimum atomic E-state index is -1.75. The highest BCUT2D eigenvalue weighted by atomic mass is 35.5. The lowest BCUT2D eigenvalue weighted by Crippen LogP contribution is -2.48. The molecule has 3 amide bonds. The van der Waals surface area contributed by atoms with Gasteiger partial charge in [-0.3, -0.25) is 29.0 Å². The summed E-state index contributed by atoms with van der Waals surface area (Å²) >= 11 is 6.01. The zero-order valence-electron chi connectivity index (χ0n) is 13.3. The third-order valence-corrected chi connectivity index (χ3v) is 4.69. The van der Waals surface area contributed by atoms with E-state index in [1.54, 1.807) is 0 Å². The van der Waals surface area contributed by atoms with E-state index in [0.717, 1.165) is 9.80 Å². The average Bonchev–Trinajstić information content (AvgIpc) is 2.93. The Hall–Kier alpha value is -2.45. The molecule has 132 valence electrons. The smallest absolute Gasteiger partial charge is 0.323 e. The summed E-state index contributed by atoms with van der Waals surface area (Å²) < 4.78 is 4.90. The fourth-order valence-corrected chi connectivity index (χ4v) is 3.53. The molecule has 0 saturated carbocycles. The van der Waals surface area contributed by atoms with E-state index >= 15 is 0 Å². The normalized spacial score (nSPS) is 22.2. The zero-order chi connectivity index (χ0) is 18.4. The molecule has 1 spiro atoms. The molecule has 2 aliphatic rings. The maximum Gasteiger partial charge on any atom is 0.323 e. The summed E-state index contributed by atoms with van der Waals surface area (Å²) in [5.41, 5.74) is -1.20. The molecule has 1 atom stereocenters. The third kappa shape index (κ3) is 2.49. The Morgan fingerprint density at radius 1 is 1.28 bits per heavy atom. The van der Waals surface area contributed by atoms with Gasteiger partial charge in [0, 0.05) is 23.4 Å². The molecule has 0 bridgehead atoms. The molecule has 1 saturated heterocycles. The van der Waals surface area contributed by atoms with Crippen LogP contribution in [0.5, 0.6) is 0 Å². The van der Waals surface area contributed by atoms with Crippen LogP contribution in [0, 0.1) is 0 Å². The van der Waals surface area contributed by atoms with Gasteiger partial charge in [0.1, 0.15) is 6.54 Å². The number of hydrogen-bond acceptors (Lipinski definition) is 5. The first-order valence-electron chi connectivity index (χ1n) is 7.50. The summed E-state index contributed by atoms with van der Waals surface area (Å²) in [6, 6.07) is 4.44. The number of anilines is 1.